The highest BCUT2D eigenvalue weighted by Gasteiger charge is 2.37. The number of hydrogen-bond acceptors (Lipinski definition) is 4. The summed E-state index contributed by atoms with van der Waals surface area (Å²) in [4.78, 5) is 19.8. The third-order valence-electron chi connectivity index (χ3n) is 6.15. The molecule has 0 aliphatic carbocycles. The Morgan fingerprint density at radius 1 is 1.00 bits per heavy atom. The summed E-state index contributed by atoms with van der Waals surface area (Å²) in [5, 5.41) is 8.26. The SMILES string of the molecule is CN(C(=O)c1nc(-c2ccccc2)n(-c2ccccc2)n1)C1CC2CCC(C1)N2. The van der Waals surface area contributed by atoms with Gasteiger partial charge >= 0.3 is 0 Å². The van der Waals surface area contributed by atoms with Crippen molar-refractivity contribution in [1.29, 1.82) is 0 Å². The fourth-order valence-corrected chi connectivity index (χ4v) is 4.59. The molecule has 0 spiro atoms. The van der Waals surface area contributed by atoms with Crippen molar-refractivity contribution in [3.05, 3.63) is 66.5 Å². The van der Waals surface area contributed by atoms with Crippen LogP contribution in [0.25, 0.3) is 17.1 Å². The predicted molar refractivity (Wildman–Crippen MR) is 112 cm³/mol. The minimum absolute atomic E-state index is 0.108. The van der Waals surface area contributed by atoms with Crippen LogP contribution in [0, 0.1) is 0 Å². The molecule has 3 aromatic rings. The Labute approximate surface area is 170 Å². The van der Waals surface area contributed by atoms with E-state index in [0.717, 1.165) is 24.1 Å². The summed E-state index contributed by atoms with van der Waals surface area (Å²) in [6, 6.07) is 21.0. The summed E-state index contributed by atoms with van der Waals surface area (Å²) in [6.07, 6.45) is 4.43. The van der Waals surface area contributed by atoms with Crippen molar-refractivity contribution in [2.24, 2.45) is 0 Å². The summed E-state index contributed by atoms with van der Waals surface area (Å²) in [6.45, 7) is 0. The van der Waals surface area contributed by atoms with Crippen molar-refractivity contribution in [1.82, 2.24) is 25.0 Å². The van der Waals surface area contributed by atoms with E-state index >= 15 is 0 Å². The molecule has 1 amide bonds. The first-order chi connectivity index (χ1) is 14.2. The topological polar surface area (TPSA) is 63.1 Å². The maximum absolute atomic E-state index is 13.3. The Morgan fingerprint density at radius 3 is 2.28 bits per heavy atom. The molecule has 2 bridgehead atoms. The van der Waals surface area contributed by atoms with Crippen molar-refractivity contribution >= 4 is 5.91 Å². The van der Waals surface area contributed by atoms with E-state index in [1.54, 1.807) is 4.68 Å². The number of fused-ring (bicyclic) bond motifs is 2. The number of nitrogens with one attached hydrogen (secondary N) is 1. The molecule has 0 radical (unpaired) electrons. The Kier molecular flexibility index (Phi) is 4.64. The summed E-state index contributed by atoms with van der Waals surface area (Å²) in [5.41, 5.74) is 1.82. The van der Waals surface area contributed by atoms with Gasteiger partial charge in [0.15, 0.2) is 5.82 Å². The molecule has 6 nitrogen and oxygen atoms in total. The lowest BCUT2D eigenvalue weighted by Gasteiger charge is -2.35. The van der Waals surface area contributed by atoms with Gasteiger partial charge in [-0.2, -0.15) is 0 Å². The van der Waals surface area contributed by atoms with Gasteiger partial charge in [-0.3, -0.25) is 4.79 Å². The van der Waals surface area contributed by atoms with Crippen LogP contribution in [0.3, 0.4) is 0 Å². The van der Waals surface area contributed by atoms with Crippen molar-refractivity contribution < 1.29 is 4.79 Å². The molecule has 6 heteroatoms. The molecule has 2 fully saturated rings. The van der Waals surface area contributed by atoms with Gasteiger partial charge in [-0.05, 0) is 37.8 Å². The molecule has 2 aliphatic heterocycles. The molecular weight excluding hydrogens is 362 g/mol. The number of piperidine rings is 1. The highest BCUT2D eigenvalue weighted by Crippen LogP contribution is 2.30. The lowest BCUT2D eigenvalue weighted by molar-refractivity contribution is 0.0669. The number of hydrogen-bond donors (Lipinski definition) is 1. The fourth-order valence-electron chi connectivity index (χ4n) is 4.59. The van der Waals surface area contributed by atoms with Crippen molar-refractivity contribution in [2.75, 3.05) is 7.05 Å². The van der Waals surface area contributed by atoms with Crippen LogP contribution in [0.1, 0.15) is 36.3 Å². The molecule has 2 aromatic carbocycles. The number of carbonyl (C=O) groups excluding carboxylic acids is 1. The third kappa shape index (κ3) is 3.44. The highest BCUT2D eigenvalue weighted by atomic mass is 16.2. The average Bonchev–Trinajstić information content (AvgIpc) is 3.37. The van der Waals surface area contributed by atoms with Gasteiger partial charge in [-0.1, -0.05) is 48.5 Å². The maximum atomic E-state index is 13.3. The standard InChI is InChI=1S/C23H25N5O/c1-27(20-14-17-12-13-18(15-20)24-17)23(29)21-25-22(16-8-4-2-5-9-16)28(26-21)19-10-6-3-7-11-19/h2-11,17-18,20,24H,12-15H2,1H3. The molecule has 0 saturated carbocycles. The summed E-state index contributed by atoms with van der Waals surface area (Å²) < 4.78 is 1.77. The van der Waals surface area contributed by atoms with Crippen LogP contribution in [0.5, 0.6) is 0 Å². The number of aromatic nitrogens is 3. The van der Waals surface area contributed by atoms with Crippen LogP contribution in [0.15, 0.2) is 60.7 Å². The van der Waals surface area contributed by atoms with Crippen molar-refractivity contribution in [3.63, 3.8) is 0 Å². The number of carbonyl (C=O) groups is 1. The molecule has 3 heterocycles. The Morgan fingerprint density at radius 2 is 1.62 bits per heavy atom. The number of benzene rings is 2. The second-order valence-corrected chi connectivity index (χ2v) is 8.05. The van der Waals surface area contributed by atoms with Gasteiger partial charge in [0, 0.05) is 30.7 Å². The van der Waals surface area contributed by atoms with Crippen LogP contribution in [-0.4, -0.2) is 50.7 Å². The van der Waals surface area contributed by atoms with E-state index in [1.807, 2.05) is 72.6 Å². The maximum Gasteiger partial charge on any atom is 0.293 e. The minimum Gasteiger partial charge on any atom is -0.336 e. The van der Waals surface area contributed by atoms with Crippen LogP contribution < -0.4 is 5.32 Å². The number of para-hydroxylation sites is 1. The molecule has 1 N–H and O–H groups in total. The second kappa shape index (κ2) is 7.44. The van der Waals surface area contributed by atoms with Gasteiger partial charge in [-0.15, -0.1) is 5.10 Å². The zero-order valence-corrected chi connectivity index (χ0v) is 16.5. The van der Waals surface area contributed by atoms with E-state index in [0.29, 0.717) is 17.9 Å². The van der Waals surface area contributed by atoms with E-state index in [-0.39, 0.29) is 17.8 Å². The van der Waals surface area contributed by atoms with Crippen molar-refractivity contribution in [2.45, 2.75) is 43.8 Å². The third-order valence-corrected chi connectivity index (χ3v) is 6.15. The summed E-state index contributed by atoms with van der Waals surface area (Å²) in [5.74, 6) is 0.822. The quantitative estimate of drug-likeness (QED) is 0.746. The minimum atomic E-state index is -0.108. The van der Waals surface area contributed by atoms with Crippen molar-refractivity contribution in [3.8, 4) is 17.1 Å². The molecule has 2 saturated heterocycles. The van der Waals surface area contributed by atoms with Crippen LogP contribution in [0.2, 0.25) is 0 Å². The molecule has 1 aromatic heterocycles. The van der Waals surface area contributed by atoms with E-state index in [2.05, 4.69) is 15.4 Å². The second-order valence-electron chi connectivity index (χ2n) is 8.05. The van der Waals surface area contributed by atoms with Crippen LogP contribution in [0.4, 0.5) is 0 Å². The largest absolute Gasteiger partial charge is 0.336 e. The van der Waals surface area contributed by atoms with E-state index in [4.69, 9.17) is 0 Å². The lowest BCUT2D eigenvalue weighted by Crippen LogP contribution is -2.48. The average molecular weight is 387 g/mol. The van der Waals surface area contributed by atoms with Gasteiger partial charge in [-0.25, -0.2) is 9.67 Å². The van der Waals surface area contributed by atoms with Crippen LogP contribution in [-0.2, 0) is 0 Å². The molecule has 2 atom stereocenters. The van der Waals surface area contributed by atoms with Gasteiger partial charge in [0.1, 0.15) is 0 Å². The van der Waals surface area contributed by atoms with E-state index in [1.165, 1.54) is 12.8 Å². The van der Waals surface area contributed by atoms with Gasteiger partial charge in [0.25, 0.3) is 5.91 Å². The van der Waals surface area contributed by atoms with Gasteiger partial charge < -0.3 is 10.2 Å². The summed E-state index contributed by atoms with van der Waals surface area (Å²) in [7, 11) is 1.89. The smallest absolute Gasteiger partial charge is 0.293 e. The van der Waals surface area contributed by atoms with Gasteiger partial charge in [0.05, 0.1) is 5.69 Å². The Bertz CT molecular complexity index is 932. The molecule has 29 heavy (non-hydrogen) atoms. The first kappa shape index (κ1) is 18.1. The molecule has 2 unspecified atom stereocenters. The normalized spacial score (nSPS) is 23.1. The monoisotopic (exact) mass is 387 g/mol. The zero-order valence-electron chi connectivity index (χ0n) is 16.5. The fraction of sp³-hybridized carbons (Fsp3) is 0.348. The number of rotatable bonds is 4. The molecule has 5 rings (SSSR count). The molecule has 148 valence electrons. The molecule has 2 aliphatic rings. The van der Waals surface area contributed by atoms with Crippen LogP contribution >= 0.6 is 0 Å². The predicted octanol–water partition coefficient (Wildman–Crippen LogP) is 3.29. The first-order valence-corrected chi connectivity index (χ1v) is 10.3. The number of nitrogens with zero attached hydrogens (tertiary/aromatic N) is 4. The summed E-state index contributed by atoms with van der Waals surface area (Å²) >= 11 is 0. The lowest BCUT2D eigenvalue weighted by atomic mass is 9.98. The van der Waals surface area contributed by atoms with Gasteiger partial charge in [0.2, 0.25) is 5.82 Å². The van der Waals surface area contributed by atoms with E-state index < -0.39 is 0 Å². The first-order valence-electron chi connectivity index (χ1n) is 10.3. The Balaban J connectivity index is 1.48. The zero-order chi connectivity index (χ0) is 19.8. The Hall–Kier alpha value is -2.99. The number of amides is 1. The highest BCUT2D eigenvalue weighted by molar-refractivity contribution is 5.91. The molecular formula is C23H25N5O. The van der Waals surface area contributed by atoms with E-state index in [9.17, 15) is 4.79 Å².